The molecule has 0 saturated carbocycles. The third-order valence-corrected chi connectivity index (χ3v) is 6.09. The second-order valence-electron chi connectivity index (χ2n) is 7.78. The summed E-state index contributed by atoms with van der Waals surface area (Å²) in [6.07, 6.45) is 7.95. The van der Waals surface area contributed by atoms with Crippen LogP contribution in [0.1, 0.15) is 39.5 Å². The molecule has 26 heavy (non-hydrogen) atoms. The molecule has 0 bridgehead atoms. The first-order valence-corrected chi connectivity index (χ1v) is 10.2. The maximum atomic E-state index is 12.9. The van der Waals surface area contributed by atoms with Crippen LogP contribution in [0.5, 0.6) is 0 Å². The summed E-state index contributed by atoms with van der Waals surface area (Å²) in [5, 5.41) is 0. The molecule has 1 atom stereocenters. The number of hydrogen-bond acceptors (Lipinski definition) is 3. The molecule has 4 nitrogen and oxygen atoms in total. The molecular weight excluding hydrogens is 322 g/mol. The number of hydrogen-bond donors (Lipinski definition) is 0. The molecule has 2 saturated heterocycles. The van der Waals surface area contributed by atoms with Gasteiger partial charge in [0.2, 0.25) is 0 Å². The van der Waals surface area contributed by atoms with E-state index in [2.05, 4.69) is 36.9 Å². The molecule has 0 spiro atoms. The van der Waals surface area contributed by atoms with Gasteiger partial charge in [-0.15, -0.1) is 0 Å². The van der Waals surface area contributed by atoms with Gasteiger partial charge in [0.1, 0.15) is 0 Å². The predicted molar refractivity (Wildman–Crippen MR) is 110 cm³/mol. The van der Waals surface area contributed by atoms with E-state index in [1.807, 2.05) is 17.9 Å². The lowest BCUT2D eigenvalue weighted by molar-refractivity contribution is -0.126. The van der Waals surface area contributed by atoms with Crippen molar-refractivity contribution in [2.24, 2.45) is 5.92 Å². The molecule has 0 aliphatic carbocycles. The molecule has 0 N–H and O–H groups in total. The Labute approximate surface area is 160 Å². The van der Waals surface area contributed by atoms with Crippen LogP contribution in [-0.2, 0) is 4.79 Å². The van der Waals surface area contributed by atoms with Gasteiger partial charge in [-0.05, 0) is 69.9 Å². The first-order chi connectivity index (χ1) is 12.5. The summed E-state index contributed by atoms with van der Waals surface area (Å²) in [5.41, 5.74) is 1.63. The van der Waals surface area contributed by atoms with Crippen molar-refractivity contribution in [3.63, 3.8) is 0 Å². The highest BCUT2D eigenvalue weighted by Gasteiger charge is 2.30. The van der Waals surface area contributed by atoms with Gasteiger partial charge < -0.3 is 14.7 Å². The lowest BCUT2D eigenvalue weighted by Gasteiger charge is -2.37. The minimum Gasteiger partial charge on any atom is -0.338 e. The largest absolute Gasteiger partial charge is 0.338 e. The predicted octanol–water partition coefficient (Wildman–Crippen LogP) is 3.33. The quantitative estimate of drug-likeness (QED) is 0.491. The minimum atomic E-state index is 0.127. The molecule has 2 aliphatic rings. The highest BCUT2D eigenvalue weighted by molar-refractivity contribution is 5.98. The van der Waals surface area contributed by atoms with Gasteiger partial charge in [-0.2, -0.15) is 0 Å². The van der Waals surface area contributed by atoms with Crippen LogP contribution in [0.2, 0.25) is 0 Å². The van der Waals surface area contributed by atoms with E-state index in [4.69, 9.17) is 0 Å². The van der Waals surface area contributed by atoms with E-state index in [0.717, 1.165) is 56.2 Å². The number of allylic oxidation sites excluding steroid dienone is 2. The topological polar surface area (TPSA) is 26.8 Å². The second kappa shape index (κ2) is 10.1. The van der Waals surface area contributed by atoms with Gasteiger partial charge in [-0.1, -0.05) is 33.1 Å². The monoisotopic (exact) mass is 359 g/mol. The average molecular weight is 360 g/mol. The zero-order valence-corrected chi connectivity index (χ0v) is 17.0. The number of carbonyl (C=O) groups excluding carboxylic acids is 1. The van der Waals surface area contributed by atoms with Crippen LogP contribution in [0.3, 0.4) is 0 Å². The van der Waals surface area contributed by atoms with Crippen molar-refractivity contribution in [1.82, 2.24) is 14.7 Å². The maximum absolute atomic E-state index is 12.9. The van der Waals surface area contributed by atoms with Crippen LogP contribution in [0, 0.1) is 5.92 Å². The van der Waals surface area contributed by atoms with Crippen LogP contribution in [0.25, 0.3) is 0 Å². The second-order valence-corrected chi connectivity index (χ2v) is 7.78. The van der Waals surface area contributed by atoms with Crippen LogP contribution in [-0.4, -0.2) is 73.0 Å². The SMILES string of the molecule is C=C/C=C(\C(=C)CC)C(=O)N1CC[C@H](CN2CCC(N(C)CC)CC2)C1. The molecule has 1 amide bonds. The summed E-state index contributed by atoms with van der Waals surface area (Å²) < 4.78 is 0. The molecule has 0 radical (unpaired) electrons. The first kappa shape index (κ1) is 20.9. The van der Waals surface area contributed by atoms with Crippen molar-refractivity contribution >= 4 is 5.91 Å². The number of piperidine rings is 1. The van der Waals surface area contributed by atoms with E-state index >= 15 is 0 Å². The highest BCUT2D eigenvalue weighted by Crippen LogP contribution is 2.24. The fourth-order valence-electron chi connectivity index (χ4n) is 4.15. The Bertz CT molecular complexity index is 532. The van der Waals surface area contributed by atoms with E-state index in [1.165, 1.54) is 25.9 Å². The molecule has 4 heteroatoms. The summed E-state index contributed by atoms with van der Waals surface area (Å²) in [7, 11) is 2.24. The Hall–Kier alpha value is -1.39. The Morgan fingerprint density at radius 2 is 1.88 bits per heavy atom. The number of carbonyl (C=O) groups is 1. The molecule has 0 aromatic carbocycles. The number of rotatable bonds is 8. The van der Waals surface area contributed by atoms with Gasteiger partial charge in [-0.25, -0.2) is 0 Å². The summed E-state index contributed by atoms with van der Waals surface area (Å²) in [5.74, 6) is 0.724. The van der Waals surface area contributed by atoms with Gasteiger partial charge >= 0.3 is 0 Å². The third kappa shape index (κ3) is 5.31. The fraction of sp³-hybridized carbons (Fsp3) is 0.682. The molecule has 2 heterocycles. The first-order valence-electron chi connectivity index (χ1n) is 10.2. The molecule has 0 aromatic rings. The van der Waals surface area contributed by atoms with Crippen molar-refractivity contribution in [2.45, 2.75) is 45.6 Å². The Morgan fingerprint density at radius 1 is 1.19 bits per heavy atom. The number of likely N-dealkylation sites (tertiary alicyclic amines) is 2. The van der Waals surface area contributed by atoms with E-state index < -0.39 is 0 Å². The smallest absolute Gasteiger partial charge is 0.254 e. The van der Waals surface area contributed by atoms with E-state index in [-0.39, 0.29) is 5.91 Å². The lowest BCUT2D eigenvalue weighted by atomic mass is 10.0. The Balaban J connectivity index is 1.83. The standard InChI is InChI=1S/C22H37N3O/c1-6-9-21(18(4)7-2)22(26)25-15-10-19(17-25)16-24-13-11-20(12-14-24)23(5)8-3/h6,9,19-20H,1,4,7-8,10-17H2,2-3,5H3/b21-9+/t19-/m1/s1. The van der Waals surface area contributed by atoms with Gasteiger partial charge in [0.05, 0.1) is 0 Å². The summed E-state index contributed by atoms with van der Waals surface area (Å²) in [6, 6.07) is 0.740. The van der Waals surface area contributed by atoms with Crippen LogP contribution >= 0.6 is 0 Å². The zero-order valence-electron chi connectivity index (χ0n) is 17.0. The minimum absolute atomic E-state index is 0.127. The molecule has 2 fully saturated rings. The van der Waals surface area contributed by atoms with Crippen LogP contribution < -0.4 is 0 Å². The number of amides is 1. The van der Waals surface area contributed by atoms with Crippen LogP contribution in [0.4, 0.5) is 0 Å². The normalized spacial score (nSPS) is 22.8. The molecule has 146 valence electrons. The van der Waals surface area contributed by atoms with Crippen molar-refractivity contribution in [1.29, 1.82) is 0 Å². The molecular formula is C22H37N3O. The average Bonchev–Trinajstić information content (AvgIpc) is 3.13. The summed E-state index contributed by atoms with van der Waals surface area (Å²) >= 11 is 0. The number of nitrogens with zero attached hydrogens (tertiary/aromatic N) is 3. The van der Waals surface area contributed by atoms with Crippen molar-refractivity contribution in [3.8, 4) is 0 Å². The lowest BCUT2D eigenvalue weighted by Crippen LogP contribution is -2.45. The molecule has 0 unspecified atom stereocenters. The van der Waals surface area contributed by atoms with Crippen molar-refractivity contribution < 1.29 is 4.79 Å². The third-order valence-electron chi connectivity index (χ3n) is 6.09. The van der Waals surface area contributed by atoms with Gasteiger partial charge in [-0.3, -0.25) is 4.79 Å². The van der Waals surface area contributed by atoms with Crippen molar-refractivity contribution in [2.75, 3.05) is 46.3 Å². The van der Waals surface area contributed by atoms with Crippen LogP contribution in [0.15, 0.2) is 36.5 Å². The van der Waals surface area contributed by atoms with Gasteiger partial charge in [0.25, 0.3) is 5.91 Å². The Morgan fingerprint density at radius 3 is 2.46 bits per heavy atom. The summed E-state index contributed by atoms with van der Waals surface area (Å²) in [6.45, 7) is 18.4. The fourth-order valence-corrected chi connectivity index (χ4v) is 4.15. The van der Waals surface area contributed by atoms with Gasteiger partial charge in [0, 0.05) is 31.2 Å². The summed E-state index contributed by atoms with van der Waals surface area (Å²) in [4.78, 5) is 19.9. The maximum Gasteiger partial charge on any atom is 0.254 e. The van der Waals surface area contributed by atoms with Gasteiger partial charge in [0.15, 0.2) is 0 Å². The van der Waals surface area contributed by atoms with E-state index in [9.17, 15) is 4.79 Å². The van der Waals surface area contributed by atoms with E-state index in [0.29, 0.717) is 5.92 Å². The Kier molecular flexibility index (Phi) is 8.11. The molecule has 2 aliphatic heterocycles. The van der Waals surface area contributed by atoms with Crippen molar-refractivity contribution in [3.05, 3.63) is 36.5 Å². The zero-order chi connectivity index (χ0) is 19.1. The highest BCUT2D eigenvalue weighted by atomic mass is 16.2. The molecule has 0 aromatic heterocycles. The molecule has 2 rings (SSSR count). The van der Waals surface area contributed by atoms with E-state index in [1.54, 1.807) is 6.08 Å².